The maximum atomic E-state index is 12.1. The summed E-state index contributed by atoms with van der Waals surface area (Å²) in [5.74, 6) is -0.232. The summed E-state index contributed by atoms with van der Waals surface area (Å²) in [4.78, 5) is 24.0. The van der Waals surface area contributed by atoms with Gasteiger partial charge in [-0.2, -0.15) is 0 Å². The Labute approximate surface area is 175 Å². The largest absolute Gasteiger partial charge is 0.332 e. The van der Waals surface area contributed by atoms with Gasteiger partial charge in [-0.25, -0.2) is 0 Å². The van der Waals surface area contributed by atoms with Gasteiger partial charge < -0.3 is 16.0 Å². The van der Waals surface area contributed by atoms with Gasteiger partial charge in [-0.1, -0.05) is 49.6 Å². The molecule has 0 radical (unpaired) electrons. The molecule has 0 unspecified atom stereocenters. The highest BCUT2D eigenvalue weighted by molar-refractivity contribution is 7.80. The van der Waals surface area contributed by atoms with Crippen molar-refractivity contribution in [3.05, 3.63) is 59.1 Å². The molecule has 0 saturated carbocycles. The molecular formula is C21H24ClN3O2S. The van der Waals surface area contributed by atoms with Crippen molar-refractivity contribution in [1.82, 2.24) is 5.32 Å². The number of carbonyl (C=O) groups is 2. The lowest BCUT2D eigenvalue weighted by atomic mass is 10.1. The number of amides is 2. The van der Waals surface area contributed by atoms with E-state index in [1.54, 1.807) is 30.3 Å². The van der Waals surface area contributed by atoms with Crippen LogP contribution in [-0.4, -0.2) is 16.9 Å². The van der Waals surface area contributed by atoms with Gasteiger partial charge in [-0.15, -0.1) is 0 Å². The van der Waals surface area contributed by atoms with Crippen LogP contribution in [0.15, 0.2) is 48.5 Å². The Kier molecular flexibility index (Phi) is 8.91. The quantitative estimate of drug-likeness (QED) is 0.421. The minimum atomic E-state index is -0.222. The van der Waals surface area contributed by atoms with Crippen molar-refractivity contribution >= 4 is 52.1 Å². The Bertz CT molecular complexity index is 825. The lowest BCUT2D eigenvalue weighted by molar-refractivity contribution is -0.119. The van der Waals surface area contributed by atoms with E-state index in [4.69, 9.17) is 23.8 Å². The summed E-state index contributed by atoms with van der Waals surface area (Å²) in [6.45, 7) is 2.10. The summed E-state index contributed by atoms with van der Waals surface area (Å²) in [5.41, 5.74) is 2.21. The van der Waals surface area contributed by atoms with Crippen molar-refractivity contribution in [3.8, 4) is 0 Å². The van der Waals surface area contributed by atoms with E-state index in [9.17, 15) is 9.59 Å². The van der Waals surface area contributed by atoms with Crippen LogP contribution in [0.4, 0.5) is 11.4 Å². The summed E-state index contributed by atoms with van der Waals surface area (Å²) < 4.78 is 0. The van der Waals surface area contributed by atoms with Crippen molar-refractivity contribution in [2.45, 2.75) is 39.0 Å². The minimum absolute atomic E-state index is 0.00977. The summed E-state index contributed by atoms with van der Waals surface area (Å²) in [6.07, 6.45) is 3.70. The van der Waals surface area contributed by atoms with Crippen LogP contribution in [0.25, 0.3) is 0 Å². The highest BCUT2D eigenvalue weighted by atomic mass is 35.5. The van der Waals surface area contributed by atoms with Crippen LogP contribution in [0.3, 0.4) is 0 Å². The van der Waals surface area contributed by atoms with E-state index < -0.39 is 0 Å². The van der Waals surface area contributed by atoms with Crippen molar-refractivity contribution in [2.24, 2.45) is 0 Å². The van der Waals surface area contributed by atoms with E-state index in [-0.39, 0.29) is 23.3 Å². The number of thiocarbonyl (C=S) groups is 1. The highest BCUT2D eigenvalue weighted by Gasteiger charge is 2.07. The van der Waals surface area contributed by atoms with Crippen molar-refractivity contribution in [3.63, 3.8) is 0 Å². The zero-order valence-electron chi connectivity index (χ0n) is 15.8. The zero-order valence-corrected chi connectivity index (χ0v) is 17.3. The van der Waals surface area contributed by atoms with Gasteiger partial charge in [0.25, 0.3) is 0 Å². The molecule has 0 saturated heterocycles. The molecule has 3 N–H and O–H groups in total. The van der Waals surface area contributed by atoms with Crippen molar-refractivity contribution < 1.29 is 9.59 Å². The lowest BCUT2D eigenvalue weighted by Crippen LogP contribution is -2.35. The number of anilines is 2. The monoisotopic (exact) mass is 417 g/mol. The van der Waals surface area contributed by atoms with E-state index in [0.29, 0.717) is 22.8 Å². The molecule has 0 atom stereocenters. The van der Waals surface area contributed by atoms with Crippen molar-refractivity contribution in [2.75, 3.05) is 10.6 Å². The van der Waals surface area contributed by atoms with Gasteiger partial charge in [-0.05, 0) is 54.5 Å². The van der Waals surface area contributed by atoms with E-state index in [2.05, 4.69) is 22.9 Å². The predicted octanol–water partition coefficient (Wildman–Crippen LogP) is 4.91. The number of hydrogen-bond acceptors (Lipinski definition) is 3. The maximum absolute atomic E-state index is 12.1. The van der Waals surface area contributed by atoms with Gasteiger partial charge >= 0.3 is 0 Å². The molecule has 0 aliphatic heterocycles. The molecule has 0 fully saturated rings. The lowest BCUT2D eigenvalue weighted by Gasteiger charge is -2.11. The molecule has 0 spiro atoms. The van der Waals surface area contributed by atoms with Crippen LogP contribution >= 0.6 is 23.8 Å². The fraction of sp³-hybridized carbons (Fsp3) is 0.286. The fourth-order valence-electron chi connectivity index (χ4n) is 2.55. The average Bonchev–Trinajstić information content (AvgIpc) is 2.64. The van der Waals surface area contributed by atoms with E-state index in [0.717, 1.165) is 24.8 Å². The third kappa shape index (κ3) is 8.06. The molecule has 0 aliphatic carbocycles. The molecule has 2 aromatic rings. The summed E-state index contributed by atoms with van der Waals surface area (Å²) in [5, 5.41) is 9.30. The second-order valence-electron chi connectivity index (χ2n) is 6.39. The first-order chi connectivity index (χ1) is 13.5. The van der Waals surface area contributed by atoms with Crippen molar-refractivity contribution in [1.29, 1.82) is 0 Å². The normalized spacial score (nSPS) is 10.2. The van der Waals surface area contributed by atoms with E-state index in [1.807, 2.05) is 18.2 Å². The predicted molar refractivity (Wildman–Crippen MR) is 119 cm³/mol. The van der Waals surface area contributed by atoms with Crippen LogP contribution in [0.2, 0.25) is 5.02 Å². The van der Waals surface area contributed by atoms with E-state index >= 15 is 0 Å². The maximum Gasteiger partial charge on any atom is 0.230 e. The molecule has 2 amide bonds. The first kappa shape index (κ1) is 21.9. The van der Waals surface area contributed by atoms with Gasteiger partial charge in [0.1, 0.15) is 0 Å². The number of benzene rings is 2. The van der Waals surface area contributed by atoms with Gasteiger partial charge in [0.2, 0.25) is 11.8 Å². The number of unbranched alkanes of at least 4 members (excludes halogenated alkanes) is 2. The molecule has 0 aliphatic rings. The SMILES string of the molecule is CCCCCC(=O)Nc1cccc(NC(=S)NC(=O)Cc2ccc(Cl)cc2)c1. The van der Waals surface area contributed by atoms with Crippen LogP contribution in [0.5, 0.6) is 0 Å². The first-order valence-corrected chi connectivity index (χ1v) is 10.00. The van der Waals surface area contributed by atoms with Crippen LogP contribution in [-0.2, 0) is 16.0 Å². The summed E-state index contributed by atoms with van der Waals surface area (Å²) in [6, 6.07) is 14.3. The highest BCUT2D eigenvalue weighted by Crippen LogP contribution is 2.16. The molecule has 0 bridgehead atoms. The van der Waals surface area contributed by atoms with Crippen LogP contribution in [0, 0.1) is 0 Å². The second-order valence-corrected chi connectivity index (χ2v) is 7.24. The Morgan fingerprint density at radius 3 is 2.32 bits per heavy atom. The second kappa shape index (κ2) is 11.4. The smallest absolute Gasteiger partial charge is 0.230 e. The Hall–Kier alpha value is -2.44. The molecule has 28 heavy (non-hydrogen) atoms. The Morgan fingerprint density at radius 1 is 0.964 bits per heavy atom. The number of halogens is 1. The van der Waals surface area contributed by atoms with Gasteiger partial charge in [0.15, 0.2) is 5.11 Å². The third-order valence-electron chi connectivity index (χ3n) is 3.94. The first-order valence-electron chi connectivity index (χ1n) is 9.21. The molecule has 2 aromatic carbocycles. The molecular weight excluding hydrogens is 394 g/mol. The molecule has 2 rings (SSSR count). The van der Waals surface area contributed by atoms with Gasteiger partial charge in [0, 0.05) is 22.8 Å². The van der Waals surface area contributed by atoms with Crippen LogP contribution < -0.4 is 16.0 Å². The van der Waals surface area contributed by atoms with Crippen LogP contribution in [0.1, 0.15) is 38.2 Å². The van der Waals surface area contributed by atoms with Gasteiger partial charge in [-0.3, -0.25) is 9.59 Å². The molecule has 5 nitrogen and oxygen atoms in total. The fourth-order valence-corrected chi connectivity index (χ4v) is 2.91. The molecule has 7 heteroatoms. The Balaban J connectivity index is 1.83. The minimum Gasteiger partial charge on any atom is -0.332 e. The van der Waals surface area contributed by atoms with E-state index in [1.165, 1.54) is 0 Å². The molecule has 0 heterocycles. The number of carbonyl (C=O) groups excluding carboxylic acids is 2. The summed E-state index contributed by atoms with van der Waals surface area (Å²) in [7, 11) is 0. The zero-order chi connectivity index (χ0) is 20.4. The summed E-state index contributed by atoms with van der Waals surface area (Å²) >= 11 is 11.0. The third-order valence-corrected chi connectivity index (χ3v) is 4.40. The number of nitrogens with one attached hydrogen (secondary N) is 3. The topological polar surface area (TPSA) is 70.2 Å². The molecule has 0 aromatic heterocycles. The number of hydrogen-bond donors (Lipinski definition) is 3. The molecule has 148 valence electrons. The standard InChI is InChI=1S/C21H24ClN3O2S/c1-2-3-4-8-19(26)23-17-6-5-7-18(14-17)24-21(28)25-20(27)13-15-9-11-16(22)12-10-15/h5-7,9-12,14H,2-4,8,13H2,1H3,(H,23,26)(H2,24,25,27,28). The number of rotatable bonds is 8. The Morgan fingerprint density at radius 2 is 1.64 bits per heavy atom. The average molecular weight is 418 g/mol. The van der Waals surface area contributed by atoms with Gasteiger partial charge in [0.05, 0.1) is 6.42 Å².